The SMILES string of the molecule is CCc1cnc(CNC(=NC)NCc2ccc(OC)nc2)s1. The van der Waals surface area contributed by atoms with E-state index in [1.54, 1.807) is 31.7 Å². The molecule has 0 unspecified atom stereocenters. The van der Waals surface area contributed by atoms with Crippen molar-refractivity contribution in [2.45, 2.75) is 26.4 Å². The van der Waals surface area contributed by atoms with E-state index in [-0.39, 0.29) is 0 Å². The fraction of sp³-hybridized carbons (Fsp3) is 0.400. The zero-order valence-electron chi connectivity index (χ0n) is 13.1. The Labute approximate surface area is 134 Å². The maximum absolute atomic E-state index is 5.04. The highest BCUT2D eigenvalue weighted by Gasteiger charge is 2.03. The van der Waals surface area contributed by atoms with Crippen LogP contribution in [-0.4, -0.2) is 30.1 Å². The summed E-state index contributed by atoms with van der Waals surface area (Å²) >= 11 is 1.72. The van der Waals surface area contributed by atoms with Crippen LogP contribution in [0, 0.1) is 0 Å². The number of nitrogens with one attached hydrogen (secondary N) is 2. The highest BCUT2D eigenvalue weighted by atomic mass is 32.1. The summed E-state index contributed by atoms with van der Waals surface area (Å²) in [6.07, 6.45) is 4.74. The zero-order valence-corrected chi connectivity index (χ0v) is 13.9. The largest absolute Gasteiger partial charge is 0.481 e. The number of rotatable bonds is 6. The second-order valence-electron chi connectivity index (χ2n) is 4.56. The lowest BCUT2D eigenvalue weighted by Gasteiger charge is -2.11. The molecule has 6 nitrogen and oxygen atoms in total. The average molecular weight is 319 g/mol. The lowest BCUT2D eigenvalue weighted by molar-refractivity contribution is 0.397. The predicted molar refractivity (Wildman–Crippen MR) is 89.3 cm³/mol. The Balaban J connectivity index is 1.81. The van der Waals surface area contributed by atoms with Gasteiger partial charge in [0.25, 0.3) is 0 Å². The molecule has 0 saturated heterocycles. The van der Waals surface area contributed by atoms with Gasteiger partial charge in [0, 0.05) is 36.9 Å². The molecule has 0 aliphatic heterocycles. The summed E-state index contributed by atoms with van der Waals surface area (Å²) in [5, 5.41) is 7.57. The van der Waals surface area contributed by atoms with Gasteiger partial charge in [0.1, 0.15) is 5.01 Å². The van der Waals surface area contributed by atoms with Gasteiger partial charge in [-0.2, -0.15) is 0 Å². The molecule has 2 rings (SSSR count). The van der Waals surface area contributed by atoms with Crippen LogP contribution in [0.4, 0.5) is 0 Å². The molecule has 0 radical (unpaired) electrons. The monoisotopic (exact) mass is 319 g/mol. The first-order chi connectivity index (χ1) is 10.7. The van der Waals surface area contributed by atoms with E-state index in [2.05, 4.69) is 32.5 Å². The van der Waals surface area contributed by atoms with Crippen LogP contribution in [0.15, 0.2) is 29.5 Å². The number of hydrogen-bond donors (Lipinski definition) is 2. The smallest absolute Gasteiger partial charge is 0.212 e. The van der Waals surface area contributed by atoms with Gasteiger partial charge in [0.05, 0.1) is 13.7 Å². The van der Waals surface area contributed by atoms with Gasteiger partial charge >= 0.3 is 0 Å². The highest BCUT2D eigenvalue weighted by molar-refractivity contribution is 7.11. The number of guanidine groups is 1. The van der Waals surface area contributed by atoms with Crippen molar-refractivity contribution in [3.05, 3.63) is 40.0 Å². The maximum Gasteiger partial charge on any atom is 0.212 e. The fourth-order valence-corrected chi connectivity index (χ4v) is 2.60. The van der Waals surface area contributed by atoms with Gasteiger partial charge in [0.2, 0.25) is 5.88 Å². The normalized spacial score (nSPS) is 11.3. The molecule has 0 atom stereocenters. The van der Waals surface area contributed by atoms with Crippen LogP contribution >= 0.6 is 11.3 Å². The second-order valence-corrected chi connectivity index (χ2v) is 5.76. The number of methoxy groups -OCH3 is 1. The molecule has 118 valence electrons. The van der Waals surface area contributed by atoms with Gasteiger partial charge in [-0.15, -0.1) is 11.3 Å². The van der Waals surface area contributed by atoms with Crippen molar-refractivity contribution in [2.75, 3.05) is 14.2 Å². The first kappa shape index (κ1) is 16.2. The number of thiazole rings is 1. The molecule has 0 spiro atoms. The molecule has 0 fully saturated rings. The predicted octanol–water partition coefficient (Wildman–Crippen LogP) is 1.97. The van der Waals surface area contributed by atoms with E-state index >= 15 is 0 Å². The lowest BCUT2D eigenvalue weighted by Crippen LogP contribution is -2.36. The molecule has 2 aromatic rings. The van der Waals surface area contributed by atoms with Crippen molar-refractivity contribution < 1.29 is 4.74 Å². The van der Waals surface area contributed by atoms with E-state index in [4.69, 9.17) is 4.74 Å². The van der Waals surface area contributed by atoms with E-state index in [1.165, 1.54) is 4.88 Å². The molecule has 2 heterocycles. The van der Waals surface area contributed by atoms with Crippen LogP contribution in [0.1, 0.15) is 22.4 Å². The first-order valence-electron chi connectivity index (χ1n) is 7.12. The second kappa shape index (κ2) is 8.33. The van der Waals surface area contributed by atoms with Crippen LogP contribution in [-0.2, 0) is 19.5 Å². The van der Waals surface area contributed by atoms with Crippen molar-refractivity contribution in [1.29, 1.82) is 0 Å². The topological polar surface area (TPSA) is 71.4 Å². The zero-order chi connectivity index (χ0) is 15.8. The maximum atomic E-state index is 5.04. The minimum absolute atomic E-state index is 0.613. The van der Waals surface area contributed by atoms with E-state index in [1.807, 2.05) is 18.3 Å². The van der Waals surface area contributed by atoms with E-state index < -0.39 is 0 Å². The summed E-state index contributed by atoms with van der Waals surface area (Å²) in [7, 11) is 3.36. The number of aryl methyl sites for hydroxylation is 1. The van der Waals surface area contributed by atoms with Crippen molar-refractivity contribution in [3.63, 3.8) is 0 Å². The van der Waals surface area contributed by atoms with E-state index in [0.717, 1.165) is 23.0 Å². The molecule has 2 aromatic heterocycles. The summed E-state index contributed by atoms with van der Waals surface area (Å²) in [5.74, 6) is 1.35. The number of aromatic nitrogens is 2. The Morgan fingerprint density at radius 3 is 2.64 bits per heavy atom. The number of aliphatic imine (C=N–C) groups is 1. The Hall–Kier alpha value is -2.15. The summed E-state index contributed by atoms with van der Waals surface area (Å²) in [5.41, 5.74) is 1.06. The van der Waals surface area contributed by atoms with Gasteiger partial charge in [-0.05, 0) is 12.0 Å². The molecule has 0 amide bonds. The minimum atomic E-state index is 0.613. The molecular formula is C15H21N5OS. The molecule has 0 aromatic carbocycles. The Morgan fingerprint density at radius 1 is 1.23 bits per heavy atom. The molecule has 0 saturated carbocycles. The third-order valence-corrected chi connectivity index (χ3v) is 4.19. The van der Waals surface area contributed by atoms with Crippen molar-refractivity contribution >= 4 is 17.3 Å². The number of hydrogen-bond acceptors (Lipinski definition) is 5. The highest BCUT2D eigenvalue weighted by Crippen LogP contribution is 2.12. The summed E-state index contributed by atoms with van der Waals surface area (Å²) in [6.45, 7) is 3.45. The summed E-state index contributed by atoms with van der Waals surface area (Å²) < 4.78 is 5.04. The van der Waals surface area contributed by atoms with E-state index in [9.17, 15) is 0 Å². The van der Waals surface area contributed by atoms with Crippen LogP contribution in [0.3, 0.4) is 0 Å². The molecule has 2 N–H and O–H groups in total. The molecule has 7 heteroatoms. The summed E-state index contributed by atoms with van der Waals surface area (Å²) in [4.78, 5) is 14.1. The number of nitrogens with zero attached hydrogens (tertiary/aromatic N) is 3. The van der Waals surface area contributed by atoms with Gasteiger partial charge in [-0.1, -0.05) is 13.0 Å². The Kier molecular flexibility index (Phi) is 6.14. The number of ether oxygens (including phenoxy) is 1. The van der Waals surface area contributed by atoms with Crippen LogP contribution in [0.5, 0.6) is 5.88 Å². The Morgan fingerprint density at radius 2 is 2.05 bits per heavy atom. The van der Waals surface area contributed by atoms with Crippen molar-refractivity contribution in [3.8, 4) is 5.88 Å². The van der Waals surface area contributed by atoms with Crippen LogP contribution in [0.2, 0.25) is 0 Å². The van der Waals surface area contributed by atoms with E-state index in [0.29, 0.717) is 19.0 Å². The van der Waals surface area contributed by atoms with Crippen LogP contribution in [0.25, 0.3) is 0 Å². The molecule has 22 heavy (non-hydrogen) atoms. The van der Waals surface area contributed by atoms with Crippen molar-refractivity contribution in [2.24, 2.45) is 4.99 Å². The third-order valence-electron chi connectivity index (χ3n) is 3.05. The molecule has 0 aliphatic carbocycles. The standard InChI is InChI=1S/C15H21N5OS/c1-4-12-9-18-14(22-12)10-20-15(16-2)19-8-11-5-6-13(21-3)17-7-11/h5-7,9H,4,8,10H2,1-3H3,(H2,16,19,20). The molecule has 0 aliphatic rings. The minimum Gasteiger partial charge on any atom is -0.481 e. The summed E-state index contributed by atoms with van der Waals surface area (Å²) in [6, 6.07) is 3.81. The molecule has 0 bridgehead atoms. The fourth-order valence-electron chi connectivity index (χ4n) is 1.80. The quantitative estimate of drug-likeness (QED) is 0.629. The van der Waals surface area contributed by atoms with Crippen molar-refractivity contribution in [1.82, 2.24) is 20.6 Å². The van der Waals surface area contributed by atoms with Gasteiger partial charge in [-0.25, -0.2) is 9.97 Å². The van der Waals surface area contributed by atoms with Gasteiger partial charge < -0.3 is 15.4 Å². The lowest BCUT2D eigenvalue weighted by atomic mass is 10.3. The first-order valence-corrected chi connectivity index (χ1v) is 7.93. The Bertz CT molecular complexity index is 609. The van der Waals surface area contributed by atoms with Gasteiger partial charge in [-0.3, -0.25) is 4.99 Å². The third kappa shape index (κ3) is 4.70. The molecular weight excluding hydrogens is 298 g/mol. The van der Waals surface area contributed by atoms with Gasteiger partial charge in [0.15, 0.2) is 5.96 Å². The number of pyridine rings is 1. The van der Waals surface area contributed by atoms with Crippen LogP contribution < -0.4 is 15.4 Å². The average Bonchev–Trinajstić information content (AvgIpc) is 3.03.